The number of rotatable bonds is 3. The van der Waals surface area contributed by atoms with Gasteiger partial charge in [0.05, 0.1) is 24.3 Å². The van der Waals surface area contributed by atoms with Crippen molar-refractivity contribution in [2.24, 2.45) is 0 Å². The number of alkyl halides is 3. The average molecular weight is 284 g/mol. The van der Waals surface area contributed by atoms with E-state index in [0.717, 1.165) is 6.07 Å². The van der Waals surface area contributed by atoms with Crippen LogP contribution in [-0.4, -0.2) is 29.8 Å². The van der Waals surface area contributed by atoms with E-state index in [0.29, 0.717) is 5.46 Å². The fourth-order valence-electron chi connectivity index (χ4n) is 1.94. The topological polar surface area (TPSA) is 43.6 Å². The zero-order chi connectivity index (χ0) is 14.9. The fraction of sp³-hybridized carbons (Fsp3) is 0.333. The third-order valence-corrected chi connectivity index (χ3v) is 2.67. The predicted molar refractivity (Wildman–Crippen MR) is 68.7 cm³/mol. The molecule has 0 amide bonds. The normalized spacial score (nSPS) is 11.8. The molecule has 0 fully saturated rings. The number of nitrogens with zero attached hydrogens (tertiary/aromatic N) is 2. The Labute approximate surface area is 114 Å². The second-order valence-electron chi connectivity index (χ2n) is 4.37. The molecule has 0 N–H and O–H groups in total. The fourth-order valence-corrected chi connectivity index (χ4v) is 1.94. The van der Waals surface area contributed by atoms with Crippen LogP contribution in [0.2, 0.25) is 0 Å². The molecule has 0 aliphatic carbocycles. The van der Waals surface area contributed by atoms with Gasteiger partial charge in [0, 0.05) is 12.4 Å². The van der Waals surface area contributed by atoms with Gasteiger partial charge >= 0.3 is 12.1 Å². The van der Waals surface area contributed by atoms with Crippen molar-refractivity contribution >= 4 is 24.9 Å². The third-order valence-electron chi connectivity index (χ3n) is 2.67. The molecule has 2 aromatic heterocycles. The van der Waals surface area contributed by atoms with Crippen molar-refractivity contribution in [2.45, 2.75) is 19.5 Å². The van der Waals surface area contributed by atoms with Crippen molar-refractivity contribution in [2.75, 3.05) is 6.61 Å². The Kier molecular flexibility index (Phi) is 3.74. The number of fused-ring (bicyclic) bond motifs is 1. The zero-order valence-corrected chi connectivity index (χ0v) is 11.0. The standard InChI is InChI=1S/C12H12BF3N2O2/c1-2-20-10(19)4-8-6-18-5-7(13)3-9(11(18)17-8)12(14,15)16/h3,5-6H,2,4,13H2,1H3. The lowest BCUT2D eigenvalue weighted by molar-refractivity contribution is -0.142. The molecule has 0 bridgehead atoms. The van der Waals surface area contributed by atoms with Gasteiger partial charge in [0.2, 0.25) is 0 Å². The number of imidazole rings is 1. The Balaban J connectivity index is 2.45. The first-order valence-corrected chi connectivity index (χ1v) is 6.02. The van der Waals surface area contributed by atoms with Gasteiger partial charge in [0.15, 0.2) is 0 Å². The summed E-state index contributed by atoms with van der Waals surface area (Å²) in [5.74, 6) is -0.513. The Hall–Kier alpha value is -1.99. The van der Waals surface area contributed by atoms with Gasteiger partial charge in [-0.05, 0) is 6.92 Å². The number of pyridine rings is 1. The van der Waals surface area contributed by atoms with E-state index in [4.69, 9.17) is 4.74 Å². The van der Waals surface area contributed by atoms with Crippen LogP contribution < -0.4 is 5.46 Å². The third kappa shape index (κ3) is 2.94. The van der Waals surface area contributed by atoms with Crippen LogP contribution in [-0.2, 0) is 22.1 Å². The molecule has 0 atom stereocenters. The molecule has 0 spiro atoms. The van der Waals surface area contributed by atoms with E-state index >= 15 is 0 Å². The lowest BCUT2D eigenvalue weighted by atomic mass is 9.97. The summed E-state index contributed by atoms with van der Waals surface area (Å²) in [5, 5.41) is 0. The minimum Gasteiger partial charge on any atom is -0.466 e. The highest BCUT2D eigenvalue weighted by Crippen LogP contribution is 2.31. The van der Waals surface area contributed by atoms with Gasteiger partial charge in [0.1, 0.15) is 13.5 Å². The average Bonchev–Trinajstić information content (AvgIpc) is 2.68. The van der Waals surface area contributed by atoms with Crippen LogP contribution in [0.25, 0.3) is 5.65 Å². The van der Waals surface area contributed by atoms with E-state index in [2.05, 4.69) is 4.98 Å². The van der Waals surface area contributed by atoms with Gasteiger partial charge in [-0.15, -0.1) is 0 Å². The summed E-state index contributed by atoms with van der Waals surface area (Å²) in [4.78, 5) is 15.2. The molecular formula is C12H12BF3N2O2. The van der Waals surface area contributed by atoms with E-state index < -0.39 is 17.7 Å². The molecular weight excluding hydrogens is 272 g/mol. The molecule has 4 nitrogen and oxygen atoms in total. The number of aromatic nitrogens is 2. The second kappa shape index (κ2) is 5.18. The van der Waals surface area contributed by atoms with Gasteiger partial charge in [0.25, 0.3) is 0 Å². The molecule has 0 aliphatic rings. The predicted octanol–water partition coefficient (Wildman–Crippen LogP) is 0.717. The Morgan fingerprint density at radius 2 is 2.15 bits per heavy atom. The summed E-state index contributed by atoms with van der Waals surface area (Å²) in [7, 11) is 1.57. The first-order chi connectivity index (χ1) is 9.31. The van der Waals surface area contributed by atoms with E-state index in [-0.39, 0.29) is 24.4 Å². The molecule has 20 heavy (non-hydrogen) atoms. The highest BCUT2D eigenvalue weighted by molar-refractivity contribution is 6.32. The van der Waals surface area contributed by atoms with Gasteiger partial charge in [-0.1, -0.05) is 11.5 Å². The number of esters is 1. The van der Waals surface area contributed by atoms with Crippen LogP contribution in [0.4, 0.5) is 13.2 Å². The van der Waals surface area contributed by atoms with Gasteiger partial charge in [-0.3, -0.25) is 4.79 Å². The second-order valence-corrected chi connectivity index (χ2v) is 4.37. The first kappa shape index (κ1) is 14.4. The first-order valence-electron chi connectivity index (χ1n) is 6.02. The highest BCUT2D eigenvalue weighted by atomic mass is 19.4. The molecule has 8 heteroatoms. The van der Waals surface area contributed by atoms with Crippen molar-refractivity contribution in [1.29, 1.82) is 0 Å². The van der Waals surface area contributed by atoms with Crippen molar-refractivity contribution in [3.8, 4) is 0 Å². The molecule has 0 saturated heterocycles. The maximum absolute atomic E-state index is 12.9. The number of hydrogen-bond acceptors (Lipinski definition) is 3. The molecule has 2 rings (SSSR count). The number of carbonyl (C=O) groups is 1. The molecule has 106 valence electrons. The lowest BCUT2D eigenvalue weighted by Crippen LogP contribution is -2.14. The molecule has 0 aromatic carbocycles. The van der Waals surface area contributed by atoms with Crippen LogP contribution in [0.5, 0.6) is 0 Å². The summed E-state index contributed by atoms with van der Waals surface area (Å²) in [5.41, 5.74) is -0.306. The minimum atomic E-state index is -4.49. The number of hydrogen-bond donors (Lipinski definition) is 0. The summed E-state index contributed by atoms with van der Waals surface area (Å²) in [6.07, 6.45) is -1.69. The Morgan fingerprint density at radius 1 is 1.45 bits per heavy atom. The summed E-state index contributed by atoms with van der Waals surface area (Å²) in [6, 6.07) is 1.04. The SMILES string of the molecule is Bc1cc(C(F)(F)F)c2nc(CC(=O)OCC)cn2c1. The van der Waals surface area contributed by atoms with Crippen LogP contribution >= 0.6 is 0 Å². The van der Waals surface area contributed by atoms with Crippen molar-refractivity contribution < 1.29 is 22.7 Å². The molecule has 0 unspecified atom stereocenters. The van der Waals surface area contributed by atoms with E-state index in [1.54, 1.807) is 14.8 Å². The highest BCUT2D eigenvalue weighted by Gasteiger charge is 2.34. The van der Waals surface area contributed by atoms with Gasteiger partial charge < -0.3 is 9.14 Å². The molecule has 2 aromatic rings. The smallest absolute Gasteiger partial charge is 0.419 e. The number of ether oxygens (including phenoxy) is 1. The van der Waals surface area contributed by atoms with Crippen LogP contribution in [0, 0.1) is 0 Å². The van der Waals surface area contributed by atoms with Crippen molar-refractivity contribution in [3.05, 3.63) is 29.7 Å². The largest absolute Gasteiger partial charge is 0.466 e. The molecule has 2 heterocycles. The van der Waals surface area contributed by atoms with Gasteiger partial charge in [-0.2, -0.15) is 13.2 Å². The maximum atomic E-state index is 12.9. The quantitative estimate of drug-likeness (QED) is 0.616. The number of carbonyl (C=O) groups excluding carboxylic acids is 1. The summed E-state index contributed by atoms with van der Waals surface area (Å²) >= 11 is 0. The molecule has 0 radical (unpaired) electrons. The van der Waals surface area contributed by atoms with Crippen LogP contribution in [0.15, 0.2) is 18.5 Å². The van der Waals surface area contributed by atoms with Crippen LogP contribution in [0.1, 0.15) is 18.2 Å². The zero-order valence-electron chi connectivity index (χ0n) is 11.0. The lowest BCUT2D eigenvalue weighted by Gasteiger charge is -2.09. The molecule has 0 aliphatic heterocycles. The minimum absolute atomic E-state index is 0.147. The van der Waals surface area contributed by atoms with Gasteiger partial charge in [-0.25, -0.2) is 4.98 Å². The van der Waals surface area contributed by atoms with E-state index in [9.17, 15) is 18.0 Å². The summed E-state index contributed by atoms with van der Waals surface area (Å²) < 4.78 is 44.9. The summed E-state index contributed by atoms with van der Waals surface area (Å²) in [6.45, 7) is 1.88. The van der Waals surface area contributed by atoms with E-state index in [1.165, 1.54) is 16.8 Å². The van der Waals surface area contributed by atoms with Crippen molar-refractivity contribution in [3.63, 3.8) is 0 Å². The molecule has 0 saturated carbocycles. The number of halogens is 3. The monoisotopic (exact) mass is 284 g/mol. The maximum Gasteiger partial charge on any atom is 0.419 e. The van der Waals surface area contributed by atoms with Crippen LogP contribution in [0.3, 0.4) is 0 Å². The Morgan fingerprint density at radius 3 is 2.75 bits per heavy atom. The van der Waals surface area contributed by atoms with E-state index in [1.807, 2.05) is 0 Å². The van der Waals surface area contributed by atoms with Crippen molar-refractivity contribution in [1.82, 2.24) is 9.38 Å². The Bertz CT molecular complexity index is 652.